The minimum atomic E-state index is 0.154. The number of aliphatic imine (C=N–C) groups is 1. The third-order valence-electron chi connectivity index (χ3n) is 6.10. The van der Waals surface area contributed by atoms with Crippen LogP contribution in [0.5, 0.6) is 0 Å². The molecule has 30 heavy (non-hydrogen) atoms. The molecule has 4 atom stereocenters. The van der Waals surface area contributed by atoms with E-state index in [1.807, 2.05) is 18.4 Å². The first-order chi connectivity index (χ1) is 14.4. The van der Waals surface area contributed by atoms with Gasteiger partial charge < -0.3 is 20.1 Å². The molecule has 2 saturated heterocycles. The van der Waals surface area contributed by atoms with E-state index in [1.54, 1.807) is 0 Å². The van der Waals surface area contributed by atoms with E-state index < -0.39 is 0 Å². The third kappa shape index (κ3) is 6.42. The Labute approximate surface area is 186 Å². The summed E-state index contributed by atoms with van der Waals surface area (Å²) in [5, 5.41) is 9.32. The lowest BCUT2D eigenvalue weighted by molar-refractivity contribution is -0.0835. The molecule has 170 valence electrons. The van der Waals surface area contributed by atoms with E-state index >= 15 is 0 Å². The molecule has 0 saturated carbocycles. The van der Waals surface area contributed by atoms with Gasteiger partial charge in [-0.05, 0) is 36.6 Å². The second kappa shape index (κ2) is 10.9. The number of hydrogen-bond donors (Lipinski definition) is 2. The fraction of sp³-hybridized carbons (Fsp3) is 0.783. The molecule has 3 rings (SSSR count). The van der Waals surface area contributed by atoms with Crippen LogP contribution in [-0.2, 0) is 9.47 Å². The van der Waals surface area contributed by atoms with Crippen LogP contribution >= 0.6 is 11.3 Å². The molecule has 6 nitrogen and oxygen atoms in total. The van der Waals surface area contributed by atoms with Gasteiger partial charge in [0.2, 0.25) is 0 Å². The molecule has 2 aliphatic heterocycles. The van der Waals surface area contributed by atoms with Gasteiger partial charge in [-0.1, -0.05) is 26.8 Å². The fourth-order valence-electron chi connectivity index (χ4n) is 4.67. The summed E-state index contributed by atoms with van der Waals surface area (Å²) >= 11 is 1.82. The van der Waals surface area contributed by atoms with Crippen molar-refractivity contribution in [2.45, 2.75) is 58.8 Å². The Morgan fingerprint density at radius 1 is 1.30 bits per heavy atom. The Kier molecular flexibility index (Phi) is 8.57. The van der Waals surface area contributed by atoms with Crippen LogP contribution in [0.15, 0.2) is 22.5 Å². The molecule has 0 radical (unpaired) electrons. The zero-order valence-electron chi connectivity index (χ0n) is 19.3. The maximum absolute atomic E-state index is 6.14. The van der Waals surface area contributed by atoms with Gasteiger partial charge in [-0.15, -0.1) is 11.3 Å². The minimum Gasteiger partial charge on any atom is -0.377 e. The van der Waals surface area contributed by atoms with Gasteiger partial charge in [-0.2, -0.15) is 0 Å². The van der Waals surface area contributed by atoms with Gasteiger partial charge >= 0.3 is 0 Å². The normalized spacial score (nSPS) is 27.6. The van der Waals surface area contributed by atoms with Gasteiger partial charge in [-0.25, -0.2) is 0 Å². The highest BCUT2D eigenvalue weighted by Gasteiger charge is 2.35. The second-order valence-corrected chi connectivity index (χ2v) is 10.6. The molecule has 2 N–H and O–H groups in total. The molecule has 2 aliphatic rings. The summed E-state index contributed by atoms with van der Waals surface area (Å²) in [6, 6.07) is 4.70. The van der Waals surface area contributed by atoms with Crippen LogP contribution in [0.4, 0.5) is 0 Å². The van der Waals surface area contributed by atoms with Crippen molar-refractivity contribution in [3.05, 3.63) is 22.4 Å². The van der Waals surface area contributed by atoms with E-state index in [2.05, 4.69) is 65.7 Å². The molecule has 0 amide bonds. The lowest BCUT2D eigenvalue weighted by atomic mass is 9.78. The first-order valence-electron chi connectivity index (χ1n) is 11.3. The van der Waals surface area contributed by atoms with Gasteiger partial charge in [0.05, 0.1) is 24.9 Å². The summed E-state index contributed by atoms with van der Waals surface area (Å²) in [6.07, 6.45) is 2.90. The topological polar surface area (TPSA) is 58.1 Å². The van der Waals surface area contributed by atoms with E-state index in [1.165, 1.54) is 11.3 Å². The number of hydrogen-bond acceptors (Lipinski definition) is 5. The molecule has 3 heterocycles. The van der Waals surface area contributed by atoms with E-state index in [9.17, 15) is 0 Å². The van der Waals surface area contributed by atoms with Crippen molar-refractivity contribution in [1.82, 2.24) is 15.5 Å². The summed E-state index contributed by atoms with van der Waals surface area (Å²) in [4.78, 5) is 8.41. The number of nitrogens with one attached hydrogen (secondary N) is 2. The smallest absolute Gasteiger partial charge is 0.191 e. The Morgan fingerprint density at radius 3 is 2.80 bits per heavy atom. The van der Waals surface area contributed by atoms with Crippen LogP contribution in [0.1, 0.15) is 51.5 Å². The van der Waals surface area contributed by atoms with Crippen LogP contribution in [0.25, 0.3) is 0 Å². The molecule has 0 spiro atoms. The first-order valence-corrected chi connectivity index (χ1v) is 12.2. The van der Waals surface area contributed by atoms with Crippen LogP contribution < -0.4 is 10.6 Å². The van der Waals surface area contributed by atoms with E-state index in [0.29, 0.717) is 12.0 Å². The van der Waals surface area contributed by atoms with Crippen molar-refractivity contribution in [3.63, 3.8) is 0 Å². The van der Waals surface area contributed by atoms with Gasteiger partial charge in [0.15, 0.2) is 5.96 Å². The highest BCUT2D eigenvalue weighted by atomic mass is 32.1. The lowest BCUT2D eigenvalue weighted by Gasteiger charge is -2.40. The van der Waals surface area contributed by atoms with Crippen LogP contribution in [0.3, 0.4) is 0 Å². The average Bonchev–Trinajstić information content (AvgIpc) is 3.24. The highest BCUT2D eigenvalue weighted by molar-refractivity contribution is 7.10. The SMILES string of the molecule is CN=C(NCC1CCCOC1C(C)(C)C)NCC(c1cccs1)N1CCOC(C)C1. The molecule has 4 unspecified atom stereocenters. The Balaban J connectivity index is 1.57. The average molecular weight is 437 g/mol. The predicted octanol–water partition coefficient (Wildman–Crippen LogP) is 3.52. The van der Waals surface area contributed by atoms with Crippen molar-refractivity contribution in [2.24, 2.45) is 16.3 Å². The van der Waals surface area contributed by atoms with Crippen LogP contribution in [0.2, 0.25) is 0 Å². The molecule has 0 aromatic carbocycles. The Bertz CT molecular complexity index is 659. The van der Waals surface area contributed by atoms with Gasteiger partial charge in [0.1, 0.15) is 0 Å². The number of guanidine groups is 1. The number of nitrogens with zero attached hydrogens (tertiary/aromatic N) is 2. The maximum Gasteiger partial charge on any atom is 0.191 e. The summed E-state index contributed by atoms with van der Waals surface area (Å²) in [6.45, 7) is 14.3. The van der Waals surface area contributed by atoms with Crippen LogP contribution in [0, 0.1) is 11.3 Å². The molecule has 0 bridgehead atoms. The molecular formula is C23H40N4O2S. The van der Waals surface area contributed by atoms with E-state index in [0.717, 1.165) is 51.8 Å². The highest BCUT2D eigenvalue weighted by Crippen LogP contribution is 2.33. The van der Waals surface area contributed by atoms with Gasteiger partial charge in [-0.3, -0.25) is 9.89 Å². The Morgan fingerprint density at radius 2 is 2.13 bits per heavy atom. The number of thiophene rings is 1. The predicted molar refractivity (Wildman–Crippen MR) is 125 cm³/mol. The second-order valence-electron chi connectivity index (χ2n) is 9.60. The standard InChI is InChI=1S/C23H40N4O2S/c1-17-16-27(10-12-28-17)19(20-9-7-13-30-20)15-26-22(24-5)25-14-18-8-6-11-29-21(18)23(2,3)4/h7,9,13,17-19,21H,6,8,10-12,14-16H2,1-5H3,(H2,24,25,26). The lowest BCUT2D eigenvalue weighted by Crippen LogP contribution is -2.50. The van der Waals surface area contributed by atoms with Crippen LogP contribution in [-0.4, -0.2) is 69.5 Å². The van der Waals surface area contributed by atoms with Crippen molar-refractivity contribution in [1.29, 1.82) is 0 Å². The zero-order valence-corrected chi connectivity index (χ0v) is 20.1. The van der Waals surface area contributed by atoms with E-state index in [-0.39, 0.29) is 17.6 Å². The number of ether oxygens (including phenoxy) is 2. The summed E-state index contributed by atoms with van der Waals surface area (Å²) in [5.74, 6) is 1.38. The van der Waals surface area contributed by atoms with Gasteiger partial charge in [0.25, 0.3) is 0 Å². The fourth-order valence-corrected chi connectivity index (χ4v) is 5.53. The molecule has 0 aliphatic carbocycles. The van der Waals surface area contributed by atoms with Crippen molar-refractivity contribution >= 4 is 17.3 Å². The van der Waals surface area contributed by atoms with Crippen molar-refractivity contribution in [2.75, 3.05) is 46.4 Å². The quantitative estimate of drug-likeness (QED) is 0.528. The number of rotatable bonds is 6. The monoisotopic (exact) mass is 436 g/mol. The molecule has 1 aromatic heterocycles. The molecule has 7 heteroatoms. The molecular weight excluding hydrogens is 396 g/mol. The maximum atomic E-state index is 6.14. The first kappa shape index (κ1) is 23.5. The summed E-state index contributed by atoms with van der Waals surface area (Å²) in [7, 11) is 1.85. The Hall–Kier alpha value is -1.15. The van der Waals surface area contributed by atoms with Gasteiger partial charge in [0, 0.05) is 50.6 Å². The largest absolute Gasteiger partial charge is 0.377 e. The molecule has 2 fully saturated rings. The third-order valence-corrected chi connectivity index (χ3v) is 7.07. The zero-order chi connectivity index (χ0) is 21.6. The van der Waals surface area contributed by atoms with Crippen molar-refractivity contribution in [3.8, 4) is 0 Å². The molecule has 1 aromatic rings. The number of morpholine rings is 1. The summed E-state index contributed by atoms with van der Waals surface area (Å²) < 4.78 is 11.9. The van der Waals surface area contributed by atoms with Crippen molar-refractivity contribution < 1.29 is 9.47 Å². The van der Waals surface area contributed by atoms with E-state index in [4.69, 9.17) is 9.47 Å². The minimum absolute atomic E-state index is 0.154. The summed E-state index contributed by atoms with van der Waals surface area (Å²) in [5.41, 5.74) is 0.154.